The van der Waals surface area contributed by atoms with Crippen molar-refractivity contribution in [2.45, 2.75) is 26.6 Å². The first-order chi connectivity index (χ1) is 13.4. The predicted octanol–water partition coefficient (Wildman–Crippen LogP) is 6.97. The first-order valence-corrected chi connectivity index (χ1v) is 13.1. The fourth-order valence-electron chi connectivity index (χ4n) is 3.08. The van der Waals surface area contributed by atoms with E-state index in [1.54, 1.807) is 0 Å². The lowest BCUT2D eigenvalue weighted by molar-refractivity contribution is 1.45. The maximum atomic E-state index is 3.64. The highest BCUT2D eigenvalue weighted by Gasteiger charge is 2.21. The number of hydrogen-bond donors (Lipinski definition) is 0. The molecule has 0 atom stereocenters. The van der Waals surface area contributed by atoms with E-state index in [9.17, 15) is 0 Å². The lowest BCUT2D eigenvalue weighted by Gasteiger charge is -2.19. The molecule has 0 N–H and O–H groups in total. The van der Waals surface area contributed by atoms with Gasteiger partial charge in [0.05, 0.1) is 8.07 Å². The zero-order chi connectivity index (χ0) is 20.0. The Kier molecular flexibility index (Phi) is 6.17. The van der Waals surface area contributed by atoms with Gasteiger partial charge in [-0.3, -0.25) is 0 Å². The number of hydrogen-bond acceptors (Lipinski definition) is 0. The van der Waals surface area contributed by atoms with Gasteiger partial charge in [-0.25, -0.2) is 0 Å². The minimum Gasteiger partial charge on any atom is -0.121 e. The van der Waals surface area contributed by atoms with Gasteiger partial charge in [0.15, 0.2) is 0 Å². The Morgan fingerprint density at radius 1 is 0.786 bits per heavy atom. The lowest BCUT2D eigenvalue weighted by Crippen LogP contribution is -2.22. The van der Waals surface area contributed by atoms with E-state index in [0.717, 1.165) is 16.7 Å². The minimum absolute atomic E-state index is 1.03. The van der Waals surface area contributed by atoms with Crippen molar-refractivity contribution in [1.82, 2.24) is 0 Å². The topological polar surface area (TPSA) is 0 Å². The monoisotopic (exact) mass is 378 g/mol. The molecule has 0 heterocycles. The number of benzene rings is 3. The largest absolute Gasteiger partial charge is 0.121 e. The van der Waals surface area contributed by atoms with Crippen molar-refractivity contribution in [3.63, 3.8) is 0 Å². The minimum atomic E-state index is -1.55. The molecule has 28 heavy (non-hydrogen) atoms. The molecule has 0 aliphatic rings. The van der Waals surface area contributed by atoms with Crippen LogP contribution in [0.4, 0.5) is 0 Å². The molecule has 3 aromatic carbocycles. The molecular weight excluding hydrogens is 352 g/mol. The Bertz CT molecular complexity index is 1080. The molecule has 0 amide bonds. The molecule has 3 rings (SSSR count). The van der Waals surface area contributed by atoms with Crippen LogP contribution in [0.5, 0.6) is 0 Å². The van der Waals surface area contributed by atoms with Crippen molar-refractivity contribution >= 4 is 19.3 Å². The van der Waals surface area contributed by atoms with Crippen LogP contribution in [0.3, 0.4) is 0 Å². The molecule has 0 spiro atoms. The molecule has 3 aromatic rings. The summed E-state index contributed by atoms with van der Waals surface area (Å²) < 4.78 is 0. The summed E-state index contributed by atoms with van der Waals surface area (Å²) in [6, 6.07) is 27.1. The Morgan fingerprint density at radius 2 is 1.50 bits per heavy atom. The second kappa shape index (κ2) is 8.76. The molecule has 0 saturated carbocycles. The fourth-order valence-corrected chi connectivity index (χ4v) is 4.61. The van der Waals surface area contributed by atoms with Crippen LogP contribution in [0.1, 0.15) is 27.8 Å². The Morgan fingerprint density at radius 3 is 2.21 bits per heavy atom. The fraction of sp³-hybridized carbons (Fsp3) is 0.148. The highest BCUT2D eigenvalue weighted by Crippen LogP contribution is 2.26. The normalized spacial score (nSPS) is 10.4. The van der Waals surface area contributed by atoms with E-state index in [0.29, 0.717) is 0 Å². The van der Waals surface area contributed by atoms with Gasteiger partial charge in [-0.2, -0.15) is 0 Å². The van der Waals surface area contributed by atoms with Crippen LogP contribution in [0.25, 0.3) is 11.3 Å². The molecule has 0 aromatic heterocycles. The molecule has 0 aliphatic carbocycles. The molecule has 0 unspecified atom stereocenters. The van der Waals surface area contributed by atoms with Crippen LogP contribution in [0.15, 0.2) is 84.6 Å². The van der Waals surface area contributed by atoms with Gasteiger partial charge >= 0.3 is 0 Å². The van der Waals surface area contributed by atoms with Gasteiger partial charge in [0.1, 0.15) is 0 Å². The van der Waals surface area contributed by atoms with E-state index in [2.05, 4.69) is 92.7 Å². The van der Waals surface area contributed by atoms with Crippen LogP contribution in [-0.4, -0.2) is 8.07 Å². The molecule has 138 valence electrons. The molecule has 0 aliphatic heterocycles. The van der Waals surface area contributed by atoms with Crippen LogP contribution >= 0.6 is 0 Å². The summed E-state index contributed by atoms with van der Waals surface area (Å²) in [6.07, 6.45) is 2.10. The van der Waals surface area contributed by atoms with Crippen LogP contribution < -0.4 is 0 Å². The molecule has 0 saturated heterocycles. The molecule has 0 radical (unpaired) electrons. The average Bonchev–Trinajstić information content (AvgIpc) is 2.67. The third-order valence-electron chi connectivity index (χ3n) is 4.50. The summed E-state index contributed by atoms with van der Waals surface area (Å²) >= 11 is 0. The SMILES string of the molecule is Cc1cccc(C(=C=Cc2ccccc2C#Cc2ccccc2)[Si](C)(C)C)c1. The van der Waals surface area contributed by atoms with Crippen molar-refractivity contribution in [3.05, 3.63) is 112 Å². The summed E-state index contributed by atoms with van der Waals surface area (Å²) in [6.45, 7) is 9.25. The van der Waals surface area contributed by atoms with Gasteiger partial charge < -0.3 is 0 Å². The van der Waals surface area contributed by atoms with E-state index in [1.165, 1.54) is 16.3 Å². The van der Waals surface area contributed by atoms with E-state index >= 15 is 0 Å². The van der Waals surface area contributed by atoms with Crippen molar-refractivity contribution in [2.24, 2.45) is 0 Å². The van der Waals surface area contributed by atoms with E-state index in [1.807, 2.05) is 36.4 Å². The standard InChI is InChI=1S/C27H26Si/c1-22-11-10-16-26(21-22)27(28(2,3)4)20-19-25-15-9-8-14-24(25)18-17-23-12-6-5-7-13-23/h5-16,19,21H,1-4H3. The molecule has 1 heteroatoms. The highest BCUT2D eigenvalue weighted by atomic mass is 28.3. The van der Waals surface area contributed by atoms with Gasteiger partial charge in [0.25, 0.3) is 0 Å². The summed E-state index contributed by atoms with van der Waals surface area (Å²) in [5, 5.41) is 1.34. The quantitative estimate of drug-likeness (QED) is 0.262. The smallest absolute Gasteiger partial charge is 0.0883 e. The third-order valence-corrected chi connectivity index (χ3v) is 6.44. The number of aryl methyl sites for hydroxylation is 1. The number of rotatable bonds is 3. The first kappa shape index (κ1) is 19.7. The van der Waals surface area contributed by atoms with Crippen molar-refractivity contribution in [3.8, 4) is 11.8 Å². The molecule has 0 fully saturated rings. The van der Waals surface area contributed by atoms with Crippen molar-refractivity contribution < 1.29 is 0 Å². The van der Waals surface area contributed by atoms with E-state index < -0.39 is 8.07 Å². The zero-order valence-corrected chi connectivity index (χ0v) is 18.1. The van der Waals surface area contributed by atoms with E-state index in [-0.39, 0.29) is 0 Å². The summed E-state index contributed by atoms with van der Waals surface area (Å²) in [7, 11) is -1.55. The summed E-state index contributed by atoms with van der Waals surface area (Å²) in [4.78, 5) is 0. The predicted molar refractivity (Wildman–Crippen MR) is 125 cm³/mol. The first-order valence-electron chi connectivity index (χ1n) is 9.64. The molecule has 0 bridgehead atoms. The zero-order valence-electron chi connectivity index (χ0n) is 17.1. The average molecular weight is 379 g/mol. The van der Waals surface area contributed by atoms with E-state index in [4.69, 9.17) is 0 Å². The second-order valence-electron chi connectivity index (χ2n) is 7.99. The maximum Gasteiger partial charge on any atom is 0.0883 e. The van der Waals surface area contributed by atoms with Crippen LogP contribution in [0, 0.1) is 18.8 Å². The van der Waals surface area contributed by atoms with Gasteiger partial charge in [0.2, 0.25) is 0 Å². The summed E-state index contributed by atoms with van der Waals surface area (Å²) in [5.41, 5.74) is 9.37. The molecule has 0 nitrogen and oxygen atoms in total. The van der Waals surface area contributed by atoms with Gasteiger partial charge in [-0.05, 0) is 47.5 Å². The second-order valence-corrected chi connectivity index (χ2v) is 13.0. The maximum absolute atomic E-state index is 3.64. The highest BCUT2D eigenvalue weighted by molar-refractivity contribution is 6.93. The van der Waals surface area contributed by atoms with Crippen molar-refractivity contribution in [2.75, 3.05) is 0 Å². The van der Waals surface area contributed by atoms with Gasteiger partial charge in [0, 0.05) is 11.1 Å². The van der Waals surface area contributed by atoms with Crippen LogP contribution in [0.2, 0.25) is 19.6 Å². The van der Waals surface area contributed by atoms with Gasteiger partial charge in [-0.1, -0.05) is 97.7 Å². The Labute approximate surface area is 170 Å². The summed E-state index contributed by atoms with van der Waals surface area (Å²) in [5.74, 6) is 6.58. The Hall–Kier alpha value is -3.04. The van der Waals surface area contributed by atoms with Crippen LogP contribution in [-0.2, 0) is 0 Å². The Balaban J connectivity index is 2.06. The third kappa shape index (κ3) is 5.24. The van der Waals surface area contributed by atoms with Crippen molar-refractivity contribution in [1.29, 1.82) is 0 Å². The molecular formula is C27H26Si. The lowest BCUT2D eigenvalue weighted by atomic mass is 10.1. The van der Waals surface area contributed by atoms with Gasteiger partial charge in [-0.15, -0.1) is 5.73 Å².